The molecule has 4 rings (SSSR count). The van der Waals surface area contributed by atoms with Gasteiger partial charge in [0.05, 0.1) is 5.56 Å². The number of nitrogen functional groups attached to an aromatic ring is 1. The number of tetrazole rings is 1. The number of halogens is 2. The van der Waals surface area contributed by atoms with Crippen LogP contribution in [0.4, 0.5) is 14.6 Å². The van der Waals surface area contributed by atoms with Gasteiger partial charge in [-0.1, -0.05) is 0 Å². The fraction of sp³-hybridized carbons (Fsp3) is 0.143. The Kier molecular flexibility index (Phi) is 4.16. The second kappa shape index (κ2) is 6.78. The summed E-state index contributed by atoms with van der Waals surface area (Å²) in [7, 11) is 0. The normalized spacial score (nSPS) is 11.2. The molecule has 0 aliphatic rings. The van der Waals surface area contributed by atoms with Crippen molar-refractivity contribution in [2.75, 3.05) is 5.73 Å². The third kappa shape index (κ3) is 3.56. The third-order valence-electron chi connectivity index (χ3n) is 3.36. The number of anilines is 1. The van der Waals surface area contributed by atoms with Crippen LogP contribution in [0.5, 0.6) is 0 Å². The average Bonchev–Trinajstić information content (AvgIpc) is 3.33. The van der Waals surface area contributed by atoms with Gasteiger partial charge in [0, 0.05) is 24.2 Å². The van der Waals surface area contributed by atoms with Crippen molar-refractivity contribution >= 4 is 5.82 Å². The van der Waals surface area contributed by atoms with Gasteiger partial charge in [0.15, 0.2) is 5.82 Å². The quantitative estimate of drug-likeness (QED) is 0.540. The molecule has 13 heteroatoms. The number of nitrogens with two attached hydrogens (primary N) is 1. The molecular formula is C14H10F2N10O. The van der Waals surface area contributed by atoms with Gasteiger partial charge in [0.1, 0.15) is 12.4 Å². The van der Waals surface area contributed by atoms with Crippen molar-refractivity contribution in [1.82, 2.24) is 45.4 Å². The lowest BCUT2D eigenvalue weighted by Gasteiger charge is -1.99. The van der Waals surface area contributed by atoms with Crippen LogP contribution in [0.25, 0.3) is 22.8 Å². The van der Waals surface area contributed by atoms with Gasteiger partial charge in [-0.05, 0) is 17.3 Å². The lowest BCUT2D eigenvalue weighted by molar-refractivity contribution is 0.116. The average molecular weight is 372 g/mol. The van der Waals surface area contributed by atoms with E-state index in [-0.39, 0.29) is 12.4 Å². The molecule has 0 aliphatic heterocycles. The molecule has 0 atom stereocenters. The van der Waals surface area contributed by atoms with E-state index in [1.54, 1.807) is 18.3 Å². The first kappa shape index (κ1) is 16.6. The lowest BCUT2D eigenvalue weighted by atomic mass is 10.3. The highest BCUT2D eigenvalue weighted by Crippen LogP contribution is 2.22. The lowest BCUT2D eigenvalue weighted by Crippen LogP contribution is -2.07. The van der Waals surface area contributed by atoms with Crippen molar-refractivity contribution in [1.29, 1.82) is 0 Å². The van der Waals surface area contributed by atoms with Crippen LogP contribution >= 0.6 is 0 Å². The van der Waals surface area contributed by atoms with Gasteiger partial charge in [0.2, 0.25) is 5.82 Å². The maximum atomic E-state index is 12.5. The fourth-order valence-electron chi connectivity index (χ4n) is 2.08. The minimum Gasteiger partial charge on any atom is -0.415 e. The van der Waals surface area contributed by atoms with Crippen LogP contribution in [0.1, 0.15) is 18.1 Å². The smallest absolute Gasteiger partial charge is 0.314 e. The van der Waals surface area contributed by atoms with Gasteiger partial charge in [-0.25, -0.2) is 15.0 Å². The zero-order valence-corrected chi connectivity index (χ0v) is 13.4. The summed E-state index contributed by atoms with van der Waals surface area (Å²) in [5, 5.41) is 18.9. The first-order chi connectivity index (χ1) is 13.1. The minimum atomic E-state index is -2.84. The summed E-state index contributed by atoms with van der Waals surface area (Å²) in [6.45, 7) is 0.155. The highest BCUT2D eigenvalue weighted by Gasteiger charge is 2.17. The molecule has 4 heterocycles. The molecule has 0 saturated carbocycles. The number of alkyl halides is 2. The predicted octanol–water partition coefficient (Wildman–Crippen LogP) is 1.14. The number of nitrogens with zero attached hydrogens (tertiary/aromatic N) is 9. The Morgan fingerprint density at radius 3 is 2.44 bits per heavy atom. The van der Waals surface area contributed by atoms with Gasteiger partial charge in [-0.2, -0.15) is 13.6 Å². The Morgan fingerprint density at radius 2 is 1.78 bits per heavy atom. The Hall–Kier alpha value is -3.90. The van der Waals surface area contributed by atoms with Gasteiger partial charge in [-0.15, -0.1) is 20.4 Å². The van der Waals surface area contributed by atoms with Gasteiger partial charge >= 0.3 is 6.43 Å². The molecule has 4 aromatic rings. The van der Waals surface area contributed by atoms with E-state index < -0.39 is 12.3 Å². The van der Waals surface area contributed by atoms with Crippen molar-refractivity contribution in [3.8, 4) is 22.8 Å². The molecule has 2 N–H and O–H groups in total. The van der Waals surface area contributed by atoms with Gasteiger partial charge < -0.3 is 10.2 Å². The highest BCUT2D eigenvalue weighted by atomic mass is 19.3. The van der Waals surface area contributed by atoms with E-state index in [4.69, 9.17) is 10.2 Å². The Balaban J connectivity index is 1.48. The van der Waals surface area contributed by atoms with Crippen LogP contribution in [0.3, 0.4) is 0 Å². The molecule has 0 saturated heterocycles. The monoisotopic (exact) mass is 372 g/mol. The van der Waals surface area contributed by atoms with E-state index in [0.717, 1.165) is 0 Å². The number of hydrogen-bond acceptors (Lipinski definition) is 10. The number of hydrogen-bond donors (Lipinski definition) is 1. The molecule has 0 bridgehead atoms. The molecule has 27 heavy (non-hydrogen) atoms. The maximum Gasteiger partial charge on any atom is 0.314 e. The SMILES string of the molecule is Nc1ccc(-c2nnn(Cc3ncc(-c4nnc(C(F)F)o4)cn3)n2)cn1. The van der Waals surface area contributed by atoms with Gasteiger partial charge in [0.25, 0.3) is 11.8 Å². The molecule has 0 amide bonds. The van der Waals surface area contributed by atoms with Crippen LogP contribution in [0.15, 0.2) is 35.1 Å². The fourth-order valence-corrected chi connectivity index (χ4v) is 2.08. The van der Waals surface area contributed by atoms with Crippen molar-refractivity contribution in [2.45, 2.75) is 13.0 Å². The third-order valence-corrected chi connectivity index (χ3v) is 3.36. The van der Waals surface area contributed by atoms with Crippen molar-refractivity contribution in [3.63, 3.8) is 0 Å². The molecule has 0 aliphatic carbocycles. The summed E-state index contributed by atoms with van der Waals surface area (Å²) in [5.74, 6) is 0.303. The maximum absolute atomic E-state index is 12.5. The van der Waals surface area contributed by atoms with Crippen molar-refractivity contribution < 1.29 is 13.2 Å². The first-order valence-electron chi connectivity index (χ1n) is 7.51. The number of pyridine rings is 1. The van der Waals surface area contributed by atoms with Gasteiger partial charge in [-0.3, -0.25) is 0 Å². The molecule has 0 radical (unpaired) electrons. The summed E-state index contributed by atoms with van der Waals surface area (Å²) in [4.78, 5) is 13.5. The van der Waals surface area contributed by atoms with E-state index >= 15 is 0 Å². The number of rotatable bonds is 5. The van der Waals surface area contributed by atoms with Crippen LogP contribution in [-0.2, 0) is 6.54 Å². The molecule has 4 aromatic heterocycles. The molecule has 11 nitrogen and oxygen atoms in total. The Labute approximate surface area is 149 Å². The summed E-state index contributed by atoms with van der Waals surface area (Å²) in [6.07, 6.45) is 1.47. The summed E-state index contributed by atoms with van der Waals surface area (Å²) in [5.41, 5.74) is 6.52. The highest BCUT2D eigenvalue weighted by molar-refractivity contribution is 5.54. The minimum absolute atomic E-state index is 0.0890. The predicted molar refractivity (Wildman–Crippen MR) is 84.8 cm³/mol. The molecule has 0 spiro atoms. The van der Waals surface area contributed by atoms with Crippen molar-refractivity contribution in [3.05, 3.63) is 42.4 Å². The van der Waals surface area contributed by atoms with Crippen molar-refractivity contribution in [2.24, 2.45) is 0 Å². The standard InChI is InChI=1S/C14H10F2N10O/c15-11(16)14-23-22-13(27-14)8-4-19-10(20-5-8)6-26-24-12(21-25-26)7-1-2-9(17)18-3-7/h1-5,11H,6H2,(H2,17,18). The second-order valence-electron chi connectivity index (χ2n) is 5.25. The Bertz CT molecular complexity index is 1040. The summed E-state index contributed by atoms with van der Waals surface area (Å²) >= 11 is 0. The summed E-state index contributed by atoms with van der Waals surface area (Å²) < 4.78 is 29.8. The first-order valence-corrected chi connectivity index (χ1v) is 7.51. The topological polar surface area (TPSA) is 147 Å². The van der Waals surface area contributed by atoms with E-state index in [9.17, 15) is 8.78 Å². The largest absolute Gasteiger partial charge is 0.415 e. The summed E-state index contributed by atoms with van der Waals surface area (Å²) in [6, 6.07) is 3.36. The van der Waals surface area contributed by atoms with Crippen LogP contribution in [0.2, 0.25) is 0 Å². The zero-order valence-electron chi connectivity index (χ0n) is 13.4. The Morgan fingerprint density at radius 1 is 1.00 bits per heavy atom. The molecule has 0 fully saturated rings. The van der Waals surface area contributed by atoms with E-state index in [1.807, 2.05) is 0 Å². The molecule has 0 aromatic carbocycles. The van der Waals surface area contributed by atoms with Crippen LogP contribution in [0, 0.1) is 0 Å². The van der Waals surface area contributed by atoms with Crippen LogP contribution < -0.4 is 5.73 Å². The molecule has 136 valence electrons. The zero-order chi connectivity index (χ0) is 18.8. The molecule has 0 unspecified atom stereocenters. The number of aromatic nitrogens is 9. The second-order valence-corrected chi connectivity index (χ2v) is 5.25. The van der Waals surface area contributed by atoms with E-state index in [2.05, 4.69) is 40.6 Å². The van der Waals surface area contributed by atoms with E-state index in [0.29, 0.717) is 28.6 Å². The van der Waals surface area contributed by atoms with Crippen LogP contribution in [-0.4, -0.2) is 45.4 Å². The molecular weight excluding hydrogens is 362 g/mol. The van der Waals surface area contributed by atoms with E-state index in [1.165, 1.54) is 17.2 Å².